The number of aromatic nitrogens is 2. The van der Waals surface area contributed by atoms with Crippen molar-refractivity contribution in [1.29, 1.82) is 5.26 Å². The van der Waals surface area contributed by atoms with Gasteiger partial charge in [-0.15, -0.1) is 0 Å². The molecule has 1 aliphatic heterocycles. The molecule has 25 heavy (non-hydrogen) atoms. The van der Waals surface area contributed by atoms with E-state index in [9.17, 15) is 23.6 Å². The summed E-state index contributed by atoms with van der Waals surface area (Å²) < 4.78 is 34.7. The fourth-order valence-corrected chi connectivity index (χ4v) is 2.83. The minimum atomic E-state index is -1.22. The molecule has 2 aromatic rings. The zero-order chi connectivity index (χ0) is 18.5. The zero-order valence-corrected chi connectivity index (χ0v) is 13.2. The van der Waals surface area contributed by atoms with Crippen LogP contribution in [0.15, 0.2) is 39.2 Å². The summed E-state index contributed by atoms with van der Waals surface area (Å²) in [5, 5.41) is 9.41. The molecule has 0 saturated heterocycles. The second-order valence-electron chi connectivity index (χ2n) is 5.52. The van der Waals surface area contributed by atoms with Gasteiger partial charge in [-0.25, -0.2) is 13.6 Å². The van der Waals surface area contributed by atoms with E-state index in [0.29, 0.717) is 6.07 Å². The lowest BCUT2D eigenvalue weighted by Gasteiger charge is -2.27. The Balaban J connectivity index is 2.45. The average molecular weight is 346 g/mol. The Labute approximate surface area is 139 Å². The lowest BCUT2D eigenvalue weighted by molar-refractivity contribution is 0.347. The zero-order valence-electron chi connectivity index (χ0n) is 13.2. The summed E-state index contributed by atoms with van der Waals surface area (Å²) >= 11 is 0. The van der Waals surface area contributed by atoms with Gasteiger partial charge in [-0.3, -0.25) is 13.9 Å². The number of nitrogens with zero attached hydrogens (tertiary/aromatic N) is 3. The number of allylic oxidation sites excluding steroid dienone is 1. The van der Waals surface area contributed by atoms with Crippen LogP contribution in [0.3, 0.4) is 0 Å². The third-order valence-corrected chi connectivity index (χ3v) is 4.09. The van der Waals surface area contributed by atoms with Crippen molar-refractivity contribution in [2.45, 2.75) is 5.92 Å². The molecule has 0 saturated carbocycles. The first-order valence-electron chi connectivity index (χ1n) is 7.10. The van der Waals surface area contributed by atoms with Crippen LogP contribution >= 0.6 is 0 Å². The normalized spacial score (nSPS) is 16.2. The monoisotopic (exact) mass is 346 g/mol. The molecule has 0 bridgehead atoms. The van der Waals surface area contributed by atoms with Crippen LogP contribution in [0.1, 0.15) is 17.0 Å². The maximum atomic E-state index is 14.3. The van der Waals surface area contributed by atoms with Crippen molar-refractivity contribution >= 4 is 0 Å². The van der Waals surface area contributed by atoms with Gasteiger partial charge in [0.1, 0.15) is 23.3 Å². The smallest absolute Gasteiger partial charge is 0.333 e. The van der Waals surface area contributed by atoms with Crippen LogP contribution in [0, 0.1) is 23.0 Å². The Morgan fingerprint density at radius 1 is 1.24 bits per heavy atom. The van der Waals surface area contributed by atoms with Gasteiger partial charge in [0.25, 0.3) is 5.56 Å². The summed E-state index contributed by atoms with van der Waals surface area (Å²) in [7, 11) is 2.60. The molecule has 3 rings (SSSR count). The van der Waals surface area contributed by atoms with E-state index < -0.39 is 28.8 Å². The third-order valence-electron chi connectivity index (χ3n) is 4.09. The number of fused-ring (bicyclic) bond motifs is 1. The number of ether oxygens (including phenoxy) is 1. The fourth-order valence-electron chi connectivity index (χ4n) is 2.83. The number of nitrogens with two attached hydrogens (primary N) is 1. The highest BCUT2D eigenvalue weighted by Gasteiger charge is 2.37. The fraction of sp³-hybridized carbons (Fsp3) is 0.188. The number of hydrogen-bond acceptors (Lipinski definition) is 5. The van der Waals surface area contributed by atoms with E-state index in [4.69, 9.17) is 10.5 Å². The van der Waals surface area contributed by atoms with E-state index in [2.05, 4.69) is 0 Å². The molecular formula is C16H12F2N4O3. The van der Waals surface area contributed by atoms with Gasteiger partial charge in [0.2, 0.25) is 11.8 Å². The SMILES string of the molecule is Cn1c2c(c(=O)n(C)c1=O)C(c1ccc(F)cc1F)C(C#N)=C(N)O2. The first kappa shape index (κ1) is 16.4. The molecule has 1 aromatic carbocycles. The van der Waals surface area contributed by atoms with Crippen molar-refractivity contribution in [2.24, 2.45) is 19.8 Å². The number of hydrogen-bond donors (Lipinski definition) is 1. The van der Waals surface area contributed by atoms with Crippen LogP contribution in [0.4, 0.5) is 8.78 Å². The quantitative estimate of drug-likeness (QED) is 0.814. The molecule has 1 unspecified atom stereocenters. The first-order chi connectivity index (χ1) is 11.8. The molecule has 1 aromatic heterocycles. The van der Waals surface area contributed by atoms with E-state index >= 15 is 0 Å². The van der Waals surface area contributed by atoms with Crippen molar-refractivity contribution in [2.75, 3.05) is 0 Å². The van der Waals surface area contributed by atoms with Gasteiger partial charge in [-0.05, 0) is 6.07 Å². The van der Waals surface area contributed by atoms with Gasteiger partial charge >= 0.3 is 5.69 Å². The second-order valence-corrected chi connectivity index (χ2v) is 5.52. The second kappa shape index (κ2) is 5.59. The lowest BCUT2D eigenvalue weighted by atomic mass is 9.84. The molecule has 7 nitrogen and oxygen atoms in total. The molecule has 1 atom stereocenters. The van der Waals surface area contributed by atoms with Crippen LogP contribution in [-0.2, 0) is 14.1 Å². The van der Waals surface area contributed by atoms with Gasteiger partial charge in [-0.2, -0.15) is 5.26 Å². The molecule has 0 radical (unpaired) electrons. The summed E-state index contributed by atoms with van der Waals surface area (Å²) in [6, 6.07) is 4.57. The standard InChI is InChI=1S/C16H12F2N4O3/c1-21-14(23)12-11(8-4-3-7(17)5-10(8)18)9(6-19)13(20)25-15(12)22(2)16(21)24/h3-5,11H,20H2,1-2H3. The van der Waals surface area contributed by atoms with Gasteiger partial charge < -0.3 is 10.5 Å². The minimum absolute atomic E-state index is 0.124. The highest BCUT2D eigenvalue weighted by Crippen LogP contribution is 2.40. The molecule has 0 spiro atoms. The topological polar surface area (TPSA) is 103 Å². The van der Waals surface area contributed by atoms with Crippen molar-refractivity contribution in [3.8, 4) is 11.9 Å². The Kier molecular flexibility index (Phi) is 3.68. The summed E-state index contributed by atoms with van der Waals surface area (Å²) in [5.41, 5.74) is 3.86. The minimum Gasteiger partial charge on any atom is -0.423 e. The predicted molar refractivity (Wildman–Crippen MR) is 82.6 cm³/mol. The van der Waals surface area contributed by atoms with E-state index in [0.717, 1.165) is 21.3 Å². The highest BCUT2D eigenvalue weighted by atomic mass is 19.1. The molecule has 9 heteroatoms. The Morgan fingerprint density at radius 3 is 2.52 bits per heavy atom. The Hall–Kier alpha value is -3.41. The van der Waals surface area contributed by atoms with Gasteiger partial charge in [0.15, 0.2) is 0 Å². The summed E-state index contributed by atoms with van der Waals surface area (Å²) in [6.45, 7) is 0. The molecule has 2 N–H and O–H groups in total. The third kappa shape index (κ3) is 2.30. The lowest BCUT2D eigenvalue weighted by Crippen LogP contribution is -2.42. The van der Waals surface area contributed by atoms with Gasteiger partial charge in [0, 0.05) is 25.7 Å². The van der Waals surface area contributed by atoms with E-state index in [-0.39, 0.29) is 28.5 Å². The highest BCUT2D eigenvalue weighted by molar-refractivity contribution is 5.53. The van der Waals surface area contributed by atoms with Crippen LogP contribution in [-0.4, -0.2) is 9.13 Å². The van der Waals surface area contributed by atoms with Gasteiger partial charge in [0.05, 0.1) is 11.5 Å². The van der Waals surface area contributed by atoms with Crippen molar-refractivity contribution in [3.63, 3.8) is 0 Å². The van der Waals surface area contributed by atoms with Crippen molar-refractivity contribution in [3.05, 3.63) is 73.3 Å². The Morgan fingerprint density at radius 2 is 1.92 bits per heavy atom. The predicted octanol–water partition coefficient (Wildman–Crippen LogP) is 0.580. The molecule has 1 aliphatic rings. The average Bonchev–Trinajstić information content (AvgIpc) is 2.57. The molecule has 0 aliphatic carbocycles. The number of halogens is 2. The van der Waals surface area contributed by atoms with Crippen molar-refractivity contribution < 1.29 is 13.5 Å². The summed E-state index contributed by atoms with van der Waals surface area (Å²) in [4.78, 5) is 24.7. The van der Waals surface area contributed by atoms with E-state index in [1.165, 1.54) is 14.1 Å². The number of rotatable bonds is 1. The van der Waals surface area contributed by atoms with Crippen LogP contribution < -0.4 is 21.7 Å². The number of nitriles is 1. The van der Waals surface area contributed by atoms with Crippen molar-refractivity contribution in [1.82, 2.24) is 9.13 Å². The molecule has 2 heterocycles. The number of benzene rings is 1. The van der Waals surface area contributed by atoms with Gasteiger partial charge in [-0.1, -0.05) is 6.07 Å². The summed E-state index contributed by atoms with van der Waals surface area (Å²) in [6.07, 6.45) is 0. The van der Waals surface area contributed by atoms with E-state index in [1.807, 2.05) is 0 Å². The maximum absolute atomic E-state index is 14.3. The summed E-state index contributed by atoms with van der Waals surface area (Å²) in [5.74, 6) is -3.52. The first-order valence-corrected chi connectivity index (χ1v) is 7.10. The van der Waals surface area contributed by atoms with Crippen LogP contribution in [0.2, 0.25) is 0 Å². The molecule has 0 amide bonds. The molecular weight excluding hydrogens is 334 g/mol. The largest absolute Gasteiger partial charge is 0.423 e. The van der Waals surface area contributed by atoms with Crippen LogP contribution in [0.25, 0.3) is 0 Å². The molecule has 0 fully saturated rings. The van der Waals surface area contributed by atoms with Crippen LogP contribution in [0.5, 0.6) is 5.88 Å². The Bertz CT molecular complexity index is 1090. The van der Waals surface area contributed by atoms with E-state index in [1.54, 1.807) is 6.07 Å². The maximum Gasteiger partial charge on any atom is 0.333 e. The molecule has 128 valence electrons.